The Bertz CT molecular complexity index is 407. The van der Waals surface area contributed by atoms with E-state index >= 15 is 0 Å². The third kappa shape index (κ3) is 4.69. The molecule has 1 aromatic carbocycles. The molecule has 0 aliphatic carbocycles. The summed E-state index contributed by atoms with van der Waals surface area (Å²) < 4.78 is 16.0. The molecular formula is C11H15NO4P-. The van der Waals surface area contributed by atoms with Crippen LogP contribution in [0.4, 0.5) is 10.5 Å². The number of carbonyl (C=O) groups is 1. The van der Waals surface area contributed by atoms with Gasteiger partial charge in [-0.05, 0) is 18.6 Å². The lowest BCUT2D eigenvalue weighted by Gasteiger charge is -2.21. The number of carbonyl (C=O) groups excluding carboxylic acids is 1. The van der Waals surface area contributed by atoms with Crippen molar-refractivity contribution in [2.24, 2.45) is 0 Å². The van der Waals surface area contributed by atoms with E-state index in [1.54, 1.807) is 30.3 Å². The normalized spacial score (nSPS) is 14.0. The Morgan fingerprint density at radius 2 is 2.06 bits per heavy atom. The second-order valence-corrected chi connectivity index (χ2v) is 5.14. The molecule has 1 amide bonds. The molecule has 0 bridgehead atoms. The van der Waals surface area contributed by atoms with Gasteiger partial charge in [0, 0.05) is 5.69 Å². The zero-order chi connectivity index (χ0) is 12.7. The topological polar surface area (TPSA) is 78.5 Å². The first-order valence-electron chi connectivity index (χ1n) is 5.38. The molecule has 1 atom stereocenters. The molecule has 0 aliphatic rings. The highest BCUT2D eigenvalue weighted by Crippen LogP contribution is 2.39. The van der Waals surface area contributed by atoms with E-state index in [4.69, 9.17) is 0 Å². The number of rotatable bonds is 6. The van der Waals surface area contributed by atoms with Crippen LogP contribution in [0.2, 0.25) is 0 Å². The molecule has 0 fully saturated rings. The summed E-state index contributed by atoms with van der Waals surface area (Å²) in [4.78, 5) is 22.8. The van der Waals surface area contributed by atoms with Crippen molar-refractivity contribution >= 4 is 18.9 Å². The molecule has 1 rings (SSSR count). The summed E-state index contributed by atoms with van der Waals surface area (Å²) in [7, 11) is -4.48. The smallest absolute Gasteiger partial charge is 0.295 e. The fraction of sp³-hybridized carbons (Fsp3) is 0.364. The van der Waals surface area contributed by atoms with Gasteiger partial charge in [-0.25, -0.2) is 0 Å². The van der Waals surface area contributed by atoms with Crippen LogP contribution in [-0.2, 0) is 9.09 Å². The van der Waals surface area contributed by atoms with Crippen molar-refractivity contribution in [3.8, 4) is 0 Å². The van der Waals surface area contributed by atoms with Crippen molar-refractivity contribution in [3.63, 3.8) is 0 Å². The van der Waals surface area contributed by atoms with Crippen LogP contribution < -0.4 is 10.2 Å². The first kappa shape index (κ1) is 13.9. The minimum atomic E-state index is -4.48. The van der Waals surface area contributed by atoms with Gasteiger partial charge in [-0.1, -0.05) is 31.5 Å². The Morgan fingerprint density at radius 3 is 2.65 bits per heavy atom. The average Bonchev–Trinajstić information content (AvgIpc) is 2.30. The van der Waals surface area contributed by atoms with Gasteiger partial charge in [0.15, 0.2) is 0 Å². The second-order valence-electron chi connectivity index (χ2n) is 3.48. The second kappa shape index (κ2) is 6.55. The van der Waals surface area contributed by atoms with Crippen LogP contribution in [0.5, 0.6) is 0 Å². The molecule has 0 radical (unpaired) electrons. The Kier molecular flexibility index (Phi) is 5.35. The Labute approximate surface area is 100 Å². The van der Waals surface area contributed by atoms with Crippen molar-refractivity contribution in [3.05, 3.63) is 30.3 Å². The van der Waals surface area contributed by atoms with Crippen molar-refractivity contribution in [2.45, 2.75) is 19.8 Å². The SMILES string of the molecule is CCCCOP(=O)([O-])C(=O)Nc1ccccc1. The van der Waals surface area contributed by atoms with Gasteiger partial charge in [0.25, 0.3) is 5.65 Å². The highest BCUT2D eigenvalue weighted by Gasteiger charge is 2.19. The Hall–Kier alpha value is -1.16. The van der Waals surface area contributed by atoms with Gasteiger partial charge in [0.1, 0.15) is 0 Å². The minimum absolute atomic E-state index is 0.0412. The standard InChI is InChI=1S/C11H16NO4P/c1-2-3-9-16-17(14,15)11(13)12-10-7-5-4-6-8-10/h4-8H,2-3,9H2,1H3,(H,12,13)(H,14,15)/p-1. The van der Waals surface area contributed by atoms with E-state index in [2.05, 4.69) is 9.84 Å². The molecule has 1 unspecified atom stereocenters. The molecule has 0 aromatic heterocycles. The number of unbranched alkanes of at least 4 members (excludes halogenated alkanes) is 1. The van der Waals surface area contributed by atoms with Crippen LogP contribution >= 0.6 is 7.60 Å². The van der Waals surface area contributed by atoms with Gasteiger partial charge in [-0.2, -0.15) is 0 Å². The molecule has 1 N–H and O–H groups in total. The number of nitrogens with one attached hydrogen (secondary N) is 1. The van der Waals surface area contributed by atoms with E-state index in [0.29, 0.717) is 12.1 Å². The monoisotopic (exact) mass is 256 g/mol. The van der Waals surface area contributed by atoms with Gasteiger partial charge in [0.2, 0.25) is 7.60 Å². The Balaban J connectivity index is 2.54. The predicted molar refractivity (Wildman–Crippen MR) is 63.9 cm³/mol. The first-order chi connectivity index (χ1) is 8.06. The number of benzene rings is 1. The van der Waals surface area contributed by atoms with Crippen LogP contribution in [0.25, 0.3) is 0 Å². The summed E-state index contributed by atoms with van der Waals surface area (Å²) in [6.07, 6.45) is 1.41. The molecule has 5 nitrogen and oxygen atoms in total. The molecule has 17 heavy (non-hydrogen) atoms. The van der Waals surface area contributed by atoms with Crippen LogP contribution in [-0.4, -0.2) is 12.3 Å². The van der Waals surface area contributed by atoms with Crippen LogP contribution in [0, 0.1) is 0 Å². The Morgan fingerprint density at radius 1 is 1.41 bits per heavy atom. The van der Waals surface area contributed by atoms with Crippen molar-refractivity contribution in [2.75, 3.05) is 11.9 Å². The van der Waals surface area contributed by atoms with E-state index < -0.39 is 13.2 Å². The molecule has 0 spiro atoms. The van der Waals surface area contributed by atoms with Crippen molar-refractivity contribution in [1.82, 2.24) is 0 Å². The summed E-state index contributed by atoms with van der Waals surface area (Å²) in [5.74, 6) is 0. The quantitative estimate of drug-likeness (QED) is 0.626. The highest BCUT2D eigenvalue weighted by atomic mass is 31.2. The summed E-state index contributed by atoms with van der Waals surface area (Å²) in [6, 6.07) is 8.37. The molecule has 0 heterocycles. The van der Waals surface area contributed by atoms with Gasteiger partial charge < -0.3 is 14.7 Å². The maximum absolute atomic E-state index is 11.4. The summed E-state index contributed by atoms with van der Waals surface area (Å²) in [6.45, 7) is 1.95. The lowest BCUT2D eigenvalue weighted by molar-refractivity contribution is -0.193. The maximum Gasteiger partial charge on any atom is 0.295 e. The van der Waals surface area contributed by atoms with Gasteiger partial charge in [0.05, 0.1) is 6.61 Å². The highest BCUT2D eigenvalue weighted by molar-refractivity contribution is 7.70. The first-order valence-corrected chi connectivity index (χ1v) is 6.92. The number of hydrogen-bond donors (Lipinski definition) is 1. The molecule has 6 heteroatoms. The molecule has 1 aromatic rings. The van der Waals surface area contributed by atoms with Gasteiger partial charge in [-0.15, -0.1) is 0 Å². The zero-order valence-corrected chi connectivity index (χ0v) is 10.5. The fourth-order valence-corrected chi connectivity index (χ4v) is 1.85. The third-order valence-electron chi connectivity index (χ3n) is 2.03. The summed E-state index contributed by atoms with van der Waals surface area (Å²) in [5, 5.41) is 2.27. The molecule has 0 saturated heterocycles. The van der Waals surface area contributed by atoms with E-state index in [1.807, 2.05) is 6.92 Å². The van der Waals surface area contributed by atoms with Gasteiger partial charge >= 0.3 is 0 Å². The number of amides is 1. The van der Waals surface area contributed by atoms with Crippen LogP contribution in [0.1, 0.15) is 19.8 Å². The largest absolute Gasteiger partial charge is 0.772 e. The molecule has 0 saturated carbocycles. The van der Waals surface area contributed by atoms with Crippen LogP contribution in [0.15, 0.2) is 30.3 Å². The minimum Gasteiger partial charge on any atom is -0.772 e. The average molecular weight is 256 g/mol. The van der Waals surface area contributed by atoms with Gasteiger partial charge in [-0.3, -0.25) is 9.36 Å². The number of hydrogen-bond acceptors (Lipinski definition) is 4. The van der Waals surface area contributed by atoms with E-state index in [1.165, 1.54) is 0 Å². The number of para-hydroxylation sites is 1. The lowest BCUT2D eigenvalue weighted by atomic mass is 10.3. The summed E-state index contributed by atoms with van der Waals surface area (Å²) in [5.41, 5.74) is -0.688. The zero-order valence-electron chi connectivity index (χ0n) is 9.59. The summed E-state index contributed by atoms with van der Waals surface area (Å²) >= 11 is 0. The fourth-order valence-electron chi connectivity index (χ4n) is 1.10. The molecule has 0 aliphatic heterocycles. The van der Waals surface area contributed by atoms with Crippen LogP contribution in [0.3, 0.4) is 0 Å². The van der Waals surface area contributed by atoms with E-state index in [-0.39, 0.29) is 6.61 Å². The van der Waals surface area contributed by atoms with Crippen molar-refractivity contribution < 1.29 is 18.8 Å². The predicted octanol–water partition coefficient (Wildman–Crippen LogP) is 2.59. The molecular weight excluding hydrogens is 241 g/mol. The van der Waals surface area contributed by atoms with E-state index in [9.17, 15) is 14.3 Å². The maximum atomic E-state index is 11.4. The van der Waals surface area contributed by atoms with E-state index in [0.717, 1.165) is 6.42 Å². The molecule has 94 valence electrons. The number of anilines is 1. The lowest BCUT2D eigenvalue weighted by Crippen LogP contribution is -2.20. The van der Waals surface area contributed by atoms with Crippen molar-refractivity contribution in [1.29, 1.82) is 0 Å². The third-order valence-corrected chi connectivity index (χ3v) is 3.16.